The Morgan fingerprint density at radius 1 is 0.917 bits per heavy atom. The normalized spacial score (nSPS) is 10.5. The van der Waals surface area contributed by atoms with Crippen LogP contribution in [0.2, 0.25) is 0 Å². The van der Waals surface area contributed by atoms with Crippen molar-refractivity contribution in [3.63, 3.8) is 0 Å². The summed E-state index contributed by atoms with van der Waals surface area (Å²) in [6.07, 6.45) is 0. The van der Waals surface area contributed by atoms with Gasteiger partial charge in [0, 0.05) is 39.3 Å². The van der Waals surface area contributed by atoms with Crippen molar-refractivity contribution in [1.82, 2.24) is 9.80 Å². The summed E-state index contributed by atoms with van der Waals surface area (Å²) in [5, 5.41) is 0. The summed E-state index contributed by atoms with van der Waals surface area (Å²) in [6.45, 7) is 12.1. The third-order valence-corrected chi connectivity index (χ3v) is 2.07. The largest absolute Gasteiger partial charge is 0.458 e. The molecule has 0 aliphatic carbocycles. The van der Waals surface area contributed by atoms with Crippen molar-refractivity contribution in [1.29, 1.82) is 0 Å². The van der Waals surface area contributed by atoms with E-state index in [2.05, 4.69) is 37.6 Å². The first-order chi connectivity index (χ1) is 5.24. The zero-order chi connectivity index (χ0) is 8.69. The van der Waals surface area contributed by atoms with E-state index in [1.54, 1.807) is 0 Å². The molecule has 2 nitrogen and oxygen atoms in total. The van der Waals surface area contributed by atoms with E-state index < -0.39 is 0 Å². The maximum Gasteiger partial charge on any atom is 0.00849 e. The summed E-state index contributed by atoms with van der Waals surface area (Å²) in [6, 6.07) is 0. The third kappa shape index (κ3) is 7.66. The second kappa shape index (κ2) is 10.1. The van der Waals surface area contributed by atoms with Crippen molar-refractivity contribution >= 4 is 0 Å². The molecule has 0 amide bonds. The first-order valence-corrected chi connectivity index (χ1v) is 4.52. The van der Waals surface area contributed by atoms with E-state index in [4.69, 9.17) is 0 Å². The molecule has 0 atom stereocenters. The molecule has 71 valence electrons. The number of likely N-dealkylation sites (N-methyl/N-ethyl adjacent to an activating group) is 2. The molecule has 0 heterocycles. The molecular weight excluding hydrogens is 225 g/mol. The number of hydrogen-bond donors (Lipinski definition) is 0. The van der Waals surface area contributed by atoms with Gasteiger partial charge in [0.15, 0.2) is 0 Å². The summed E-state index contributed by atoms with van der Waals surface area (Å²) in [5.74, 6) is 0. The average Bonchev–Trinajstić information content (AvgIpc) is 2.06. The monoisotopic (exact) mass is 246 g/mol. The van der Waals surface area contributed by atoms with Crippen LogP contribution in [0.25, 0.3) is 0 Å². The summed E-state index contributed by atoms with van der Waals surface area (Å²) >= 11 is 0. The molecule has 0 aromatic carbocycles. The molecule has 0 spiro atoms. The van der Waals surface area contributed by atoms with E-state index >= 15 is 0 Å². The molecule has 3 heteroatoms. The number of hydrogen-bond acceptors (Lipinski definition) is 2. The van der Waals surface area contributed by atoms with Gasteiger partial charge in [0.05, 0.1) is 0 Å². The second-order valence-corrected chi connectivity index (χ2v) is 2.74. The van der Waals surface area contributed by atoms with Gasteiger partial charge in [-0.25, -0.2) is 0 Å². The maximum absolute atomic E-state index is 3.90. The summed E-state index contributed by atoms with van der Waals surface area (Å²) in [7, 11) is 3.90. The van der Waals surface area contributed by atoms with Crippen LogP contribution < -0.4 is 0 Å². The molecule has 0 N–H and O–H groups in total. The van der Waals surface area contributed by atoms with Gasteiger partial charge in [0.1, 0.15) is 0 Å². The van der Waals surface area contributed by atoms with E-state index in [-0.39, 0.29) is 32.7 Å². The molecule has 0 bridgehead atoms. The quantitative estimate of drug-likeness (QED) is 0.654. The van der Waals surface area contributed by atoms with Gasteiger partial charge < -0.3 is 9.80 Å². The fourth-order valence-electron chi connectivity index (χ4n) is 0.981. The Bertz CT molecular complexity index is 84.6. The molecule has 0 saturated heterocycles. The third-order valence-electron chi connectivity index (χ3n) is 2.07. The van der Waals surface area contributed by atoms with Crippen LogP contribution in [0.1, 0.15) is 20.8 Å². The van der Waals surface area contributed by atoms with E-state index in [0.717, 1.165) is 32.7 Å². The minimum Gasteiger partial charge on any atom is -0.458 e. The first-order valence-electron chi connectivity index (χ1n) is 4.52. The predicted molar refractivity (Wildman–Crippen MR) is 50.4 cm³/mol. The van der Waals surface area contributed by atoms with Gasteiger partial charge in [-0.2, -0.15) is 0 Å². The Kier molecular flexibility index (Phi) is 13.0. The molecule has 0 aromatic heterocycles. The van der Waals surface area contributed by atoms with Gasteiger partial charge in [-0.3, -0.25) is 7.05 Å². The Labute approximate surface area is 103 Å². The zero-order valence-electron chi connectivity index (χ0n) is 8.71. The van der Waals surface area contributed by atoms with Crippen molar-refractivity contribution in [2.75, 3.05) is 32.7 Å². The number of rotatable bonds is 6. The van der Waals surface area contributed by atoms with Crippen molar-refractivity contribution in [3.05, 3.63) is 7.05 Å². The van der Waals surface area contributed by atoms with Gasteiger partial charge in [0.2, 0.25) is 0 Å². The topological polar surface area (TPSA) is 6.48 Å². The standard InChI is InChI=1S/C9H21N2.Y/c1-5-10(4)8-9-11(6-2)7-3;/h4-9H2,1-3H3;/q-1;. The van der Waals surface area contributed by atoms with Crippen molar-refractivity contribution in [2.24, 2.45) is 0 Å². The molecule has 0 unspecified atom stereocenters. The molecule has 0 aliphatic heterocycles. The van der Waals surface area contributed by atoms with Crippen LogP contribution in [-0.2, 0) is 32.7 Å². The van der Waals surface area contributed by atoms with Crippen molar-refractivity contribution in [2.45, 2.75) is 20.8 Å². The van der Waals surface area contributed by atoms with Crippen LogP contribution in [0.5, 0.6) is 0 Å². The summed E-state index contributed by atoms with van der Waals surface area (Å²) in [5.41, 5.74) is 0. The molecule has 0 saturated carbocycles. The van der Waals surface area contributed by atoms with Gasteiger partial charge >= 0.3 is 0 Å². The molecule has 0 fully saturated rings. The maximum atomic E-state index is 3.90. The number of nitrogens with zero attached hydrogens (tertiary/aromatic N) is 2. The van der Waals surface area contributed by atoms with Crippen LogP contribution in [-0.4, -0.2) is 42.5 Å². The van der Waals surface area contributed by atoms with Crippen LogP contribution in [0.15, 0.2) is 0 Å². The minimum atomic E-state index is 0. The summed E-state index contributed by atoms with van der Waals surface area (Å²) < 4.78 is 0. The SMILES string of the molecule is [CH2-]N(CC)CCN(CC)CC.[Y]. The smallest absolute Gasteiger partial charge is 0.00849 e. The molecule has 1 radical (unpaired) electrons. The molecular formula is C9H21N2Y-. The second-order valence-electron chi connectivity index (χ2n) is 2.74. The minimum absolute atomic E-state index is 0. The zero-order valence-corrected chi connectivity index (χ0v) is 11.6. The van der Waals surface area contributed by atoms with Gasteiger partial charge in [-0.1, -0.05) is 20.8 Å². The Morgan fingerprint density at radius 2 is 1.42 bits per heavy atom. The van der Waals surface area contributed by atoms with Gasteiger partial charge in [-0.05, 0) is 26.2 Å². The van der Waals surface area contributed by atoms with E-state index in [1.165, 1.54) is 0 Å². The molecule has 0 rings (SSSR count). The van der Waals surface area contributed by atoms with Gasteiger partial charge in [-0.15, -0.1) is 0 Å². The van der Waals surface area contributed by atoms with E-state index in [0.29, 0.717) is 0 Å². The Hall–Kier alpha value is 1.02. The van der Waals surface area contributed by atoms with Crippen molar-refractivity contribution < 1.29 is 32.7 Å². The van der Waals surface area contributed by atoms with Gasteiger partial charge in [0.25, 0.3) is 0 Å². The predicted octanol–water partition coefficient (Wildman–Crippen LogP) is 1.44. The van der Waals surface area contributed by atoms with Crippen LogP contribution in [0, 0.1) is 7.05 Å². The first kappa shape index (κ1) is 15.5. The Morgan fingerprint density at radius 3 is 1.75 bits per heavy atom. The molecule has 0 aromatic rings. The van der Waals surface area contributed by atoms with E-state index in [9.17, 15) is 0 Å². The van der Waals surface area contributed by atoms with Crippen LogP contribution in [0.3, 0.4) is 0 Å². The summed E-state index contributed by atoms with van der Waals surface area (Å²) in [4.78, 5) is 4.51. The van der Waals surface area contributed by atoms with Crippen LogP contribution in [0.4, 0.5) is 0 Å². The Balaban J connectivity index is 0. The van der Waals surface area contributed by atoms with E-state index in [1.807, 2.05) is 0 Å². The molecule has 0 aliphatic rings. The fraction of sp³-hybridized carbons (Fsp3) is 0.889. The average molecular weight is 246 g/mol. The van der Waals surface area contributed by atoms with Crippen LogP contribution >= 0.6 is 0 Å². The molecule has 12 heavy (non-hydrogen) atoms. The fourth-order valence-corrected chi connectivity index (χ4v) is 0.981. The van der Waals surface area contributed by atoms with Crippen molar-refractivity contribution in [3.8, 4) is 0 Å².